The number of hydrogen-bond donors (Lipinski definition) is 2. The first-order chi connectivity index (χ1) is 31.4. The molecule has 2 aliphatic heterocycles. The standard InChI is InChI=1S/C47H39N7O6S4/c1-58-34-20-18-29(19-21-34)25-60-44(57)40-30(27-63-46-50-35-22-23-48-24-37(35)64-46)26-61-43-39(42(56)54(40)43)51-41(55)38(53-59-2)36-28-62-45(49-36)52-47(31-12-6-3-7-13-31,32-14-8-4-9-15-32)33-16-10-5-11-17-33/h3-24,28,39,43H,25-27H2,1-2H3,(H,49,52)(H,51,55)/b53-38-/t39?,43-/m1/s1. The van der Waals surface area contributed by atoms with Crippen LogP contribution in [0.2, 0.25) is 0 Å². The quantitative estimate of drug-likeness (QED) is 0.0240. The number of nitrogens with one attached hydrogen (secondary N) is 2. The molecule has 7 aromatic rings. The van der Waals surface area contributed by atoms with Crippen molar-refractivity contribution in [2.45, 2.75) is 27.9 Å². The lowest BCUT2D eigenvalue weighted by Crippen LogP contribution is -2.71. The Labute approximate surface area is 385 Å². The molecule has 13 nitrogen and oxygen atoms in total. The van der Waals surface area contributed by atoms with Crippen molar-refractivity contribution in [1.29, 1.82) is 0 Å². The summed E-state index contributed by atoms with van der Waals surface area (Å²) in [5.41, 5.74) is 4.73. The van der Waals surface area contributed by atoms with Gasteiger partial charge in [-0.05, 0) is 46.0 Å². The van der Waals surface area contributed by atoms with Crippen LogP contribution in [-0.2, 0) is 36.1 Å². The molecule has 0 saturated carbocycles. The van der Waals surface area contributed by atoms with E-state index in [-0.39, 0.29) is 23.7 Å². The minimum atomic E-state index is -0.965. The van der Waals surface area contributed by atoms with Crippen LogP contribution in [0.4, 0.5) is 5.13 Å². The number of ether oxygens (including phenoxy) is 2. The van der Waals surface area contributed by atoms with Gasteiger partial charge in [0.15, 0.2) is 15.2 Å². The van der Waals surface area contributed by atoms with Crippen LogP contribution in [0.1, 0.15) is 27.9 Å². The molecule has 1 saturated heterocycles. The van der Waals surface area contributed by atoms with Gasteiger partial charge in [0.1, 0.15) is 47.8 Å². The maximum atomic E-state index is 14.2. The second-order valence-electron chi connectivity index (χ2n) is 14.5. The SMILES string of the molecule is CO/N=C(\C(=O)NC1C(=O)N2C(C(=O)OCc3ccc(OC)cc3)=C(CSc3nc4ccncc4s3)CS[C@H]12)c1csc(NC(c2ccccc2)(c2ccccc2)c2ccccc2)n1. The highest BCUT2D eigenvalue weighted by atomic mass is 32.2. The summed E-state index contributed by atoms with van der Waals surface area (Å²) in [4.78, 5) is 62.7. The molecule has 3 aromatic heterocycles. The average molecular weight is 926 g/mol. The zero-order valence-electron chi connectivity index (χ0n) is 34.4. The van der Waals surface area contributed by atoms with Gasteiger partial charge in [-0.2, -0.15) is 0 Å². The lowest BCUT2D eigenvalue weighted by molar-refractivity contribution is -0.153. The van der Waals surface area contributed by atoms with Crippen molar-refractivity contribution in [3.8, 4) is 5.75 Å². The van der Waals surface area contributed by atoms with Crippen LogP contribution in [0.3, 0.4) is 0 Å². The molecule has 2 aliphatic rings. The number of anilines is 1. The largest absolute Gasteiger partial charge is 0.497 e. The predicted octanol–water partition coefficient (Wildman–Crippen LogP) is 8.10. The number of rotatable bonds is 16. The van der Waals surface area contributed by atoms with Crippen LogP contribution in [0.15, 0.2) is 160 Å². The lowest BCUT2D eigenvalue weighted by Gasteiger charge is -2.49. The summed E-state index contributed by atoms with van der Waals surface area (Å²) in [6.07, 6.45) is 3.47. The monoisotopic (exact) mass is 925 g/mol. The van der Waals surface area contributed by atoms with Crippen LogP contribution < -0.4 is 15.4 Å². The van der Waals surface area contributed by atoms with E-state index >= 15 is 0 Å². The Bertz CT molecular complexity index is 2730. The number of carbonyl (C=O) groups excluding carboxylic acids is 3. The average Bonchev–Trinajstić information content (AvgIpc) is 4.00. The maximum absolute atomic E-state index is 14.2. The molecule has 2 amide bonds. The highest BCUT2D eigenvalue weighted by Crippen LogP contribution is 2.44. The molecular formula is C47H39N7O6S4. The number of thiazole rings is 2. The van der Waals surface area contributed by atoms with E-state index in [1.807, 2.05) is 72.8 Å². The van der Waals surface area contributed by atoms with Crippen LogP contribution >= 0.6 is 46.2 Å². The Hall–Kier alpha value is -6.53. The smallest absolute Gasteiger partial charge is 0.355 e. The summed E-state index contributed by atoms with van der Waals surface area (Å²) in [5.74, 6) is -0.255. The number of esters is 1. The summed E-state index contributed by atoms with van der Waals surface area (Å²) in [6.45, 7) is -0.0118. The van der Waals surface area contributed by atoms with Gasteiger partial charge in [0.25, 0.3) is 11.8 Å². The third kappa shape index (κ3) is 8.58. The number of thioether (sulfide) groups is 2. The summed E-state index contributed by atoms with van der Waals surface area (Å²) in [5, 5.41) is 12.4. The number of aromatic nitrogens is 3. The van der Waals surface area contributed by atoms with E-state index in [1.54, 1.807) is 37.0 Å². The number of pyridine rings is 1. The van der Waals surface area contributed by atoms with Gasteiger partial charge in [0.05, 0.1) is 17.3 Å². The Morgan fingerprint density at radius 1 is 0.891 bits per heavy atom. The van der Waals surface area contributed by atoms with Gasteiger partial charge in [0, 0.05) is 29.3 Å². The van der Waals surface area contributed by atoms with E-state index in [0.29, 0.717) is 22.4 Å². The van der Waals surface area contributed by atoms with Gasteiger partial charge in [-0.15, -0.1) is 34.4 Å². The van der Waals surface area contributed by atoms with Crippen molar-refractivity contribution in [1.82, 2.24) is 25.2 Å². The topological polar surface area (TPSA) is 157 Å². The molecule has 2 N–H and O–H groups in total. The molecule has 64 heavy (non-hydrogen) atoms. The molecule has 1 unspecified atom stereocenters. The highest BCUT2D eigenvalue weighted by Gasteiger charge is 2.55. The van der Waals surface area contributed by atoms with E-state index < -0.39 is 34.7 Å². The highest BCUT2D eigenvalue weighted by molar-refractivity contribution is 8.02. The third-order valence-corrected chi connectivity index (χ3v) is 15.0. The molecule has 5 heterocycles. The minimum Gasteiger partial charge on any atom is -0.497 e. The zero-order valence-corrected chi connectivity index (χ0v) is 37.6. The van der Waals surface area contributed by atoms with E-state index in [2.05, 4.69) is 57.2 Å². The normalized spacial score (nSPS) is 16.2. The third-order valence-electron chi connectivity index (χ3n) is 10.7. The van der Waals surface area contributed by atoms with Gasteiger partial charge in [-0.3, -0.25) is 19.5 Å². The number of oxime groups is 1. The number of hydrogen-bond acceptors (Lipinski definition) is 15. The molecule has 17 heteroatoms. The summed E-state index contributed by atoms with van der Waals surface area (Å²) in [7, 11) is 2.92. The van der Waals surface area contributed by atoms with E-state index in [0.717, 1.165) is 42.4 Å². The molecule has 0 radical (unpaired) electrons. The van der Waals surface area contributed by atoms with Gasteiger partial charge in [-0.25, -0.2) is 14.8 Å². The number of amides is 2. The molecule has 0 bridgehead atoms. The van der Waals surface area contributed by atoms with Crippen LogP contribution in [0.5, 0.6) is 5.75 Å². The second kappa shape index (κ2) is 19.1. The zero-order chi connectivity index (χ0) is 44.0. The number of carbonyl (C=O) groups is 3. The van der Waals surface area contributed by atoms with Gasteiger partial charge >= 0.3 is 5.97 Å². The Balaban J connectivity index is 0.955. The van der Waals surface area contributed by atoms with E-state index in [9.17, 15) is 14.4 Å². The Morgan fingerprint density at radius 3 is 2.19 bits per heavy atom. The predicted molar refractivity (Wildman–Crippen MR) is 251 cm³/mol. The van der Waals surface area contributed by atoms with Crippen molar-refractivity contribution in [3.05, 3.63) is 178 Å². The molecule has 1 fully saturated rings. The van der Waals surface area contributed by atoms with Crippen molar-refractivity contribution in [3.63, 3.8) is 0 Å². The number of benzene rings is 4. The van der Waals surface area contributed by atoms with Crippen molar-refractivity contribution < 1.29 is 28.7 Å². The van der Waals surface area contributed by atoms with Gasteiger partial charge < -0.3 is 24.9 Å². The molecule has 9 rings (SSSR count). The summed E-state index contributed by atoms with van der Waals surface area (Å²) >= 11 is 5.76. The van der Waals surface area contributed by atoms with Gasteiger partial charge in [0.2, 0.25) is 0 Å². The van der Waals surface area contributed by atoms with E-state index in [1.165, 1.54) is 58.2 Å². The first-order valence-electron chi connectivity index (χ1n) is 20.0. The van der Waals surface area contributed by atoms with Crippen LogP contribution in [0.25, 0.3) is 10.2 Å². The van der Waals surface area contributed by atoms with Crippen molar-refractivity contribution in [2.24, 2.45) is 5.16 Å². The van der Waals surface area contributed by atoms with Crippen molar-refractivity contribution in [2.75, 3.05) is 31.0 Å². The Kier molecular flexibility index (Phi) is 12.7. The second-order valence-corrected chi connectivity index (χ2v) is 18.7. The fraction of sp³-hybridized carbons (Fsp3) is 0.170. The number of fused-ring (bicyclic) bond motifs is 2. The fourth-order valence-electron chi connectivity index (χ4n) is 7.58. The number of nitrogens with zero attached hydrogens (tertiary/aromatic N) is 5. The maximum Gasteiger partial charge on any atom is 0.355 e. The van der Waals surface area contributed by atoms with Gasteiger partial charge in [-0.1, -0.05) is 120 Å². The molecule has 0 aliphatic carbocycles. The molecule has 0 spiro atoms. The number of methoxy groups -OCH3 is 1. The van der Waals surface area contributed by atoms with Crippen molar-refractivity contribution >= 4 is 85.0 Å². The molecule has 4 aromatic carbocycles. The minimum absolute atomic E-state index is 0.0118. The Morgan fingerprint density at radius 2 is 1.56 bits per heavy atom. The number of β-lactam (4-membered cyclic amide) rings is 1. The molecule has 322 valence electrons. The molecule has 2 atom stereocenters. The first-order valence-corrected chi connectivity index (χ1v) is 23.7. The fourth-order valence-corrected chi connectivity index (χ4v) is 11.8. The van der Waals surface area contributed by atoms with E-state index in [4.69, 9.17) is 24.3 Å². The van der Waals surface area contributed by atoms with Crippen LogP contribution in [0, 0.1) is 0 Å². The first kappa shape index (κ1) is 42.8. The van der Waals surface area contributed by atoms with Crippen LogP contribution in [-0.4, -0.2) is 80.5 Å². The molecular weight excluding hydrogens is 887 g/mol. The summed E-state index contributed by atoms with van der Waals surface area (Å²) in [6, 6.07) is 38.4. The summed E-state index contributed by atoms with van der Waals surface area (Å²) < 4.78 is 12.9. The lowest BCUT2D eigenvalue weighted by atomic mass is 9.77.